The van der Waals surface area contributed by atoms with Crippen LogP contribution in [0.2, 0.25) is 0 Å². The summed E-state index contributed by atoms with van der Waals surface area (Å²) in [5.74, 6) is -2.36. The van der Waals surface area contributed by atoms with Crippen LogP contribution in [0.1, 0.15) is 16.7 Å². The van der Waals surface area contributed by atoms with Crippen molar-refractivity contribution in [2.24, 2.45) is 0 Å². The van der Waals surface area contributed by atoms with Crippen molar-refractivity contribution < 1.29 is 31.4 Å². The molecule has 0 aliphatic heterocycles. The van der Waals surface area contributed by atoms with Gasteiger partial charge in [-0.05, 0) is 17.7 Å². The monoisotopic (exact) mass is 278 g/mol. The van der Waals surface area contributed by atoms with E-state index in [0.29, 0.717) is 12.1 Å². The van der Waals surface area contributed by atoms with Crippen LogP contribution in [0.3, 0.4) is 0 Å². The maximum absolute atomic E-state index is 12.4. The average Bonchev–Trinajstić information content (AvgIpc) is 2.14. The van der Waals surface area contributed by atoms with Crippen LogP contribution >= 0.6 is 11.6 Å². The summed E-state index contributed by atoms with van der Waals surface area (Å²) in [5.41, 5.74) is -3.87. The molecule has 0 fully saturated rings. The van der Waals surface area contributed by atoms with E-state index in [1.807, 2.05) is 0 Å². The lowest BCUT2D eigenvalue weighted by Gasteiger charge is -2.16. The van der Waals surface area contributed by atoms with E-state index in [1.165, 1.54) is 0 Å². The van der Waals surface area contributed by atoms with Crippen LogP contribution in [0.4, 0.5) is 26.3 Å². The molecular formula is C9H5ClF6O. The number of halogens is 7. The molecule has 1 aromatic carbocycles. The van der Waals surface area contributed by atoms with E-state index < -0.39 is 35.1 Å². The van der Waals surface area contributed by atoms with Gasteiger partial charge in [0.05, 0.1) is 11.1 Å². The van der Waals surface area contributed by atoms with Crippen molar-refractivity contribution in [2.75, 3.05) is 0 Å². The SMILES string of the molecule is Oc1c(C(F)(F)F)cc(CCl)cc1C(F)(F)F. The van der Waals surface area contributed by atoms with Gasteiger partial charge in [-0.3, -0.25) is 0 Å². The number of phenolic OH excluding ortho intramolecular Hbond substituents is 1. The van der Waals surface area contributed by atoms with E-state index in [-0.39, 0.29) is 5.56 Å². The van der Waals surface area contributed by atoms with Gasteiger partial charge in [-0.2, -0.15) is 26.3 Å². The van der Waals surface area contributed by atoms with Gasteiger partial charge < -0.3 is 5.11 Å². The predicted octanol–water partition coefficient (Wildman–Crippen LogP) is 4.17. The van der Waals surface area contributed by atoms with Crippen LogP contribution in [0.15, 0.2) is 12.1 Å². The molecule has 1 aromatic rings. The average molecular weight is 279 g/mol. The molecule has 1 N–H and O–H groups in total. The highest BCUT2D eigenvalue weighted by atomic mass is 35.5. The number of phenols is 1. The highest BCUT2D eigenvalue weighted by Gasteiger charge is 2.41. The van der Waals surface area contributed by atoms with Gasteiger partial charge in [0.1, 0.15) is 5.75 Å². The Morgan fingerprint density at radius 3 is 1.53 bits per heavy atom. The van der Waals surface area contributed by atoms with E-state index in [4.69, 9.17) is 16.7 Å². The first-order chi connectivity index (χ1) is 7.57. The number of rotatable bonds is 1. The second-order valence-electron chi connectivity index (χ2n) is 3.17. The molecule has 17 heavy (non-hydrogen) atoms. The largest absolute Gasteiger partial charge is 0.507 e. The third kappa shape index (κ3) is 2.96. The Morgan fingerprint density at radius 1 is 0.941 bits per heavy atom. The van der Waals surface area contributed by atoms with Gasteiger partial charge in [0.15, 0.2) is 0 Å². The molecule has 0 saturated heterocycles. The van der Waals surface area contributed by atoms with Gasteiger partial charge in [0.25, 0.3) is 0 Å². The summed E-state index contributed by atoms with van der Waals surface area (Å²) in [6.07, 6.45) is -10.2. The van der Waals surface area contributed by atoms with Crippen LogP contribution in [0.25, 0.3) is 0 Å². The van der Waals surface area contributed by atoms with Gasteiger partial charge in [-0.15, -0.1) is 11.6 Å². The smallest absolute Gasteiger partial charge is 0.419 e. The molecule has 0 heterocycles. The second kappa shape index (κ2) is 4.29. The summed E-state index contributed by atoms with van der Waals surface area (Å²) < 4.78 is 74.2. The zero-order valence-electron chi connectivity index (χ0n) is 7.95. The van der Waals surface area contributed by atoms with Crippen molar-refractivity contribution in [3.8, 4) is 5.75 Å². The topological polar surface area (TPSA) is 20.2 Å². The molecule has 0 amide bonds. The molecule has 0 unspecified atom stereocenters. The van der Waals surface area contributed by atoms with Gasteiger partial charge >= 0.3 is 12.4 Å². The van der Waals surface area contributed by atoms with Gasteiger partial charge in [-0.25, -0.2) is 0 Å². The quantitative estimate of drug-likeness (QED) is 0.604. The Bertz CT molecular complexity index is 387. The number of aromatic hydroxyl groups is 1. The Morgan fingerprint density at radius 2 is 1.29 bits per heavy atom. The molecule has 96 valence electrons. The van der Waals surface area contributed by atoms with E-state index in [9.17, 15) is 26.3 Å². The minimum Gasteiger partial charge on any atom is -0.507 e. The van der Waals surface area contributed by atoms with Gasteiger partial charge in [0, 0.05) is 5.88 Å². The van der Waals surface area contributed by atoms with E-state index in [1.54, 1.807) is 0 Å². The van der Waals surface area contributed by atoms with Crippen molar-refractivity contribution in [3.63, 3.8) is 0 Å². The number of benzene rings is 1. The lowest BCUT2D eigenvalue weighted by molar-refractivity contribution is -0.145. The first kappa shape index (κ1) is 14.0. The summed E-state index contributed by atoms with van der Waals surface area (Å²) in [4.78, 5) is 0. The Labute approximate surface area is 96.6 Å². The highest BCUT2D eigenvalue weighted by molar-refractivity contribution is 6.17. The predicted molar refractivity (Wildman–Crippen MR) is 47.7 cm³/mol. The molecule has 0 spiro atoms. The van der Waals surface area contributed by atoms with Crippen LogP contribution < -0.4 is 0 Å². The first-order valence-corrected chi connectivity index (χ1v) is 4.67. The lowest BCUT2D eigenvalue weighted by Crippen LogP contribution is -2.12. The molecule has 1 nitrogen and oxygen atoms in total. The van der Waals surface area contributed by atoms with Crippen LogP contribution in [0, 0.1) is 0 Å². The normalized spacial score (nSPS) is 12.9. The highest BCUT2D eigenvalue weighted by Crippen LogP contribution is 2.44. The molecule has 8 heteroatoms. The molecule has 0 radical (unpaired) electrons. The summed E-state index contributed by atoms with van der Waals surface area (Å²) >= 11 is 5.21. The summed E-state index contributed by atoms with van der Waals surface area (Å²) in [5, 5.41) is 9.00. The molecule has 0 aliphatic carbocycles. The minimum absolute atomic E-state index is 0.371. The van der Waals surface area contributed by atoms with Crippen molar-refractivity contribution in [2.45, 2.75) is 18.2 Å². The maximum Gasteiger partial charge on any atom is 0.419 e. The summed E-state index contributed by atoms with van der Waals surface area (Å²) in [6.45, 7) is 0. The Balaban J connectivity index is 3.53. The fourth-order valence-corrected chi connectivity index (χ4v) is 1.36. The zero-order valence-corrected chi connectivity index (χ0v) is 8.71. The van der Waals surface area contributed by atoms with E-state index in [2.05, 4.69) is 0 Å². The van der Waals surface area contributed by atoms with Crippen molar-refractivity contribution in [3.05, 3.63) is 28.8 Å². The van der Waals surface area contributed by atoms with Crippen LogP contribution in [-0.4, -0.2) is 5.11 Å². The molecule has 0 atom stereocenters. The molecule has 0 saturated carbocycles. The fraction of sp³-hybridized carbons (Fsp3) is 0.333. The maximum atomic E-state index is 12.4. The standard InChI is InChI=1S/C9H5ClF6O/c10-3-4-1-5(8(11,12)13)7(17)6(2-4)9(14,15)16/h1-2,17H,3H2. The fourth-order valence-electron chi connectivity index (χ4n) is 1.20. The van der Waals surface area contributed by atoms with Crippen LogP contribution in [-0.2, 0) is 18.2 Å². The Hall–Kier alpha value is -1.11. The molecular weight excluding hydrogens is 274 g/mol. The lowest BCUT2D eigenvalue weighted by atomic mass is 10.0. The van der Waals surface area contributed by atoms with Gasteiger partial charge in [-0.1, -0.05) is 0 Å². The van der Waals surface area contributed by atoms with E-state index in [0.717, 1.165) is 0 Å². The zero-order chi connectivity index (χ0) is 13.4. The second-order valence-corrected chi connectivity index (χ2v) is 3.44. The Kier molecular flexibility index (Phi) is 3.52. The minimum atomic E-state index is -5.08. The first-order valence-electron chi connectivity index (χ1n) is 4.13. The molecule has 0 bridgehead atoms. The third-order valence-electron chi connectivity index (χ3n) is 1.93. The number of hydrogen-bond acceptors (Lipinski definition) is 1. The van der Waals surface area contributed by atoms with E-state index >= 15 is 0 Å². The third-order valence-corrected chi connectivity index (χ3v) is 2.24. The summed E-state index contributed by atoms with van der Waals surface area (Å²) in [6, 6.07) is 0.773. The molecule has 1 rings (SSSR count). The van der Waals surface area contributed by atoms with Crippen LogP contribution in [0.5, 0.6) is 5.75 Å². The van der Waals surface area contributed by atoms with Crippen molar-refractivity contribution in [1.82, 2.24) is 0 Å². The number of alkyl halides is 7. The summed E-state index contributed by atoms with van der Waals surface area (Å²) in [7, 11) is 0. The molecule has 0 aromatic heterocycles. The molecule has 0 aliphatic rings. The number of hydrogen-bond donors (Lipinski definition) is 1. The van der Waals surface area contributed by atoms with Crippen molar-refractivity contribution >= 4 is 11.6 Å². The van der Waals surface area contributed by atoms with Crippen molar-refractivity contribution in [1.29, 1.82) is 0 Å². The van der Waals surface area contributed by atoms with Gasteiger partial charge in [0.2, 0.25) is 0 Å².